The highest BCUT2D eigenvalue weighted by Crippen LogP contribution is 2.34. The van der Waals surface area contributed by atoms with Gasteiger partial charge in [-0.2, -0.15) is 5.26 Å². The average Bonchev–Trinajstić information content (AvgIpc) is 2.36. The Morgan fingerprint density at radius 1 is 1.06 bits per heavy atom. The standard InChI is InChI=1S/C13H6BrF2NS/c14-10-5-8(7-17)1-4-13(10)18-9-2-3-11(15)12(16)6-9/h1-6H. The summed E-state index contributed by atoms with van der Waals surface area (Å²) in [5.41, 5.74) is 0.538. The third-order valence-electron chi connectivity index (χ3n) is 2.18. The molecule has 0 atom stereocenters. The van der Waals surface area contributed by atoms with E-state index >= 15 is 0 Å². The van der Waals surface area contributed by atoms with Crippen molar-refractivity contribution < 1.29 is 8.78 Å². The SMILES string of the molecule is N#Cc1ccc(Sc2ccc(F)c(F)c2)c(Br)c1. The molecule has 0 N–H and O–H groups in total. The largest absolute Gasteiger partial charge is 0.204 e. The summed E-state index contributed by atoms with van der Waals surface area (Å²) in [6.45, 7) is 0. The number of nitrogens with zero attached hydrogens (tertiary/aromatic N) is 1. The Hall–Kier alpha value is -1.38. The number of halogens is 3. The van der Waals surface area contributed by atoms with E-state index in [1.54, 1.807) is 18.2 Å². The molecule has 2 rings (SSSR count). The van der Waals surface area contributed by atoms with E-state index in [1.165, 1.54) is 17.8 Å². The first-order valence-electron chi connectivity index (χ1n) is 4.92. The molecule has 0 aliphatic heterocycles. The van der Waals surface area contributed by atoms with Crippen molar-refractivity contribution in [2.45, 2.75) is 9.79 Å². The van der Waals surface area contributed by atoms with Crippen molar-refractivity contribution in [1.29, 1.82) is 5.26 Å². The smallest absolute Gasteiger partial charge is 0.159 e. The molecule has 0 radical (unpaired) electrons. The Balaban J connectivity index is 2.29. The van der Waals surface area contributed by atoms with E-state index < -0.39 is 11.6 Å². The third-order valence-corrected chi connectivity index (χ3v) is 4.16. The Labute approximate surface area is 116 Å². The van der Waals surface area contributed by atoms with Crippen LogP contribution in [0, 0.1) is 23.0 Å². The maximum absolute atomic E-state index is 13.1. The summed E-state index contributed by atoms with van der Waals surface area (Å²) < 4.78 is 26.6. The fourth-order valence-electron chi connectivity index (χ4n) is 1.32. The molecule has 18 heavy (non-hydrogen) atoms. The lowest BCUT2D eigenvalue weighted by Gasteiger charge is -2.05. The van der Waals surface area contributed by atoms with E-state index in [0.29, 0.717) is 10.5 Å². The molecule has 0 heterocycles. The summed E-state index contributed by atoms with van der Waals surface area (Å²) in [5, 5.41) is 8.74. The second-order valence-electron chi connectivity index (χ2n) is 3.43. The van der Waals surface area contributed by atoms with Crippen LogP contribution in [0.2, 0.25) is 0 Å². The zero-order valence-corrected chi connectivity index (χ0v) is 11.4. The lowest BCUT2D eigenvalue weighted by molar-refractivity contribution is 0.506. The molecular weight excluding hydrogens is 320 g/mol. The van der Waals surface area contributed by atoms with Gasteiger partial charge < -0.3 is 0 Å². The van der Waals surface area contributed by atoms with Crippen LogP contribution in [-0.4, -0.2) is 0 Å². The topological polar surface area (TPSA) is 23.8 Å². The highest BCUT2D eigenvalue weighted by Gasteiger charge is 2.07. The summed E-state index contributed by atoms with van der Waals surface area (Å²) in [6.07, 6.45) is 0. The van der Waals surface area contributed by atoms with Gasteiger partial charge in [0.25, 0.3) is 0 Å². The maximum Gasteiger partial charge on any atom is 0.159 e. The fourth-order valence-corrected chi connectivity index (χ4v) is 2.79. The Bertz CT molecular complexity index is 637. The van der Waals surface area contributed by atoms with Gasteiger partial charge in [-0.05, 0) is 52.3 Å². The van der Waals surface area contributed by atoms with Gasteiger partial charge in [-0.3, -0.25) is 0 Å². The first kappa shape index (κ1) is 13.1. The van der Waals surface area contributed by atoms with Crippen molar-refractivity contribution in [2.24, 2.45) is 0 Å². The second-order valence-corrected chi connectivity index (χ2v) is 5.40. The normalized spacial score (nSPS) is 10.1. The van der Waals surface area contributed by atoms with Crippen LogP contribution in [0.15, 0.2) is 50.7 Å². The van der Waals surface area contributed by atoms with Crippen LogP contribution in [-0.2, 0) is 0 Å². The Kier molecular flexibility index (Phi) is 4.00. The minimum absolute atomic E-state index is 0.538. The molecule has 0 fully saturated rings. The molecule has 5 heteroatoms. The molecule has 0 amide bonds. The van der Waals surface area contributed by atoms with Gasteiger partial charge in [-0.25, -0.2) is 8.78 Å². The highest BCUT2D eigenvalue weighted by atomic mass is 79.9. The zero-order chi connectivity index (χ0) is 13.1. The summed E-state index contributed by atoms with van der Waals surface area (Å²) in [6, 6.07) is 10.9. The summed E-state index contributed by atoms with van der Waals surface area (Å²) in [7, 11) is 0. The van der Waals surface area contributed by atoms with Crippen molar-refractivity contribution in [3.05, 3.63) is 58.1 Å². The highest BCUT2D eigenvalue weighted by molar-refractivity contribution is 9.10. The maximum atomic E-state index is 13.1. The minimum atomic E-state index is -0.871. The van der Waals surface area contributed by atoms with Crippen LogP contribution in [0.25, 0.3) is 0 Å². The first-order chi connectivity index (χ1) is 8.60. The number of nitriles is 1. The van der Waals surface area contributed by atoms with Crippen molar-refractivity contribution in [2.75, 3.05) is 0 Å². The molecule has 2 aromatic carbocycles. The number of hydrogen-bond acceptors (Lipinski definition) is 2. The molecule has 0 saturated carbocycles. The predicted molar refractivity (Wildman–Crippen MR) is 69.3 cm³/mol. The van der Waals surface area contributed by atoms with Gasteiger partial charge in [-0.1, -0.05) is 11.8 Å². The van der Waals surface area contributed by atoms with Crippen molar-refractivity contribution in [3.8, 4) is 6.07 Å². The van der Waals surface area contributed by atoms with Gasteiger partial charge in [0.1, 0.15) is 0 Å². The Morgan fingerprint density at radius 3 is 2.44 bits per heavy atom. The summed E-state index contributed by atoms with van der Waals surface area (Å²) >= 11 is 4.63. The molecule has 2 aromatic rings. The van der Waals surface area contributed by atoms with Crippen LogP contribution in [0.4, 0.5) is 8.78 Å². The molecule has 0 aliphatic rings. The molecule has 90 valence electrons. The average molecular weight is 326 g/mol. The lowest BCUT2D eigenvalue weighted by atomic mass is 10.2. The number of hydrogen-bond donors (Lipinski definition) is 0. The molecule has 0 aromatic heterocycles. The molecule has 1 nitrogen and oxygen atoms in total. The number of benzene rings is 2. The van der Waals surface area contributed by atoms with Crippen molar-refractivity contribution in [3.63, 3.8) is 0 Å². The van der Waals surface area contributed by atoms with Crippen LogP contribution in [0.1, 0.15) is 5.56 Å². The van der Waals surface area contributed by atoms with E-state index in [2.05, 4.69) is 15.9 Å². The third kappa shape index (κ3) is 2.89. The number of rotatable bonds is 2. The van der Waals surface area contributed by atoms with Crippen LogP contribution in [0.5, 0.6) is 0 Å². The molecule has 0 bridgehead atoms. The van der Waals surface area contributed by atoms with Gasteiger partial charge in [0.2, 0.25) is 0 Å². The molecule has 0 aliphatic carbocycles. The second kappa shape index (κ2) is 5.51. The predicted octanol–water partition coefficient (Wildman–Crippen LogP) is 4.75. The monoisotopic (exact) mass is 325 g/mol. The van der Waals surface area contributed by atoms with E-state index in [4.69, 9.17) is 5.26 Å². The van der Waals surface area contributed by atoms with E-state index in [1.807, 2.05) is 6.07 Å². The summed E-state index contributed by atoms with van der Waals surface area (Å²) in [5.74, 6) is -1.73. The van der Waals surface area contributed by atoms with E-state index in [-0.39, 0.29) is 0 Å². The summed E-state index contributed by atoms with van der Waals surface area (Å²) in [4.78, 5) is 1.43. The van der Waals surface area contributed by atoms with Gasteiger partial charge in [0.15, 0.2) is 11.6 Å². The fraction of sp³-hybridized carbons (Fsp3) is 0. The lowest BCUT2D eigenvalue weighted by Crippen LogP contribution is -1.84. The zero-order valence-electron chi connectivity index (χ0n) is 8.95. The molecule has 0 spiro atoms. The molecular formula is C13H6BrF2NS. The molecule has 0 unspecified atom stereocenters. The van der Waals surface area contributed by atoms with Crippen molar-refractivity contribution >= 4 is 27.7 Å². The van der Waals surface area contributed by atoms with E-state index in [0.717, 1.165) is 21.5 Å². The first-order valence-corrected chi connectivity index (χ1v) is 6.53. The van der Waals surface area contributed by atoms with Crippen LogP contribution < -0.4 is 0 Å². The van der Waals surface area contributed by atoms with Gasteiger partial charge in [-0.15, -0.1) is 0 Å². The van der Waals surface area contributed by atoms with Crippen molar-refractivity contribution in [1.82, 2.24) is 0 Å². The quantitative estimate of drug-likeness (QED) is 0.795. The van der Waals surface area contributed by atoms with Gasteiger partial charge in [0.05, 0.1) is 11.6 Å². The van der Waals surface area contributed by atoms with E-state index in [9.17, 15) is 8.78 Å². The van der Waals surface area contributed by atoms with Gasteiger partial charge >= 0.3 is 0 Å². The van der Waals surface area contributed by atoms with Crippen LogP contribution >= 0.6 is 27.7 Å². The Morgan fingerprint density at radius 2 is 1.83 bits per heavy atom. The van der Waals surface area contributed by atoms with Crippen LogP contribution in [0.3, 0.4) is 0 Å². The molecule has 0 saturated heterocycles. The van der Waals surface area contributed by atoms with Gasteiger partial charge in [0, 0.05) is 14.3 Å². The minimum Gasteiger partial charge on any atom is -0.204 e.